The van der Waals surface area contributed by atoms with Crippen LogP contribution in [-0.4, -0.2) is 36.2 Å². The van der Waals surface area contributed by atoms with Gasteiger partial charge in [-0.15, -0.1) is 12.4 Å². The Morgan fingerprint density at radius 1 is 1.43 bits per heavy atom. The minimum absolute atomic E-state index is 0. The van der Waals surface area contributed by atoms with Gasteiger partial charge in [-0.2, -0.15) is 0 Å². The number of hydrogen-bond donors (Lipinski definition) is 3. The largest absolute Gasteiger partial charge is 0.392 e. The summed E-state index contributed by atoms with van der Waals surface area (Å²) in [7, 11) is 0. The standard InChI is InChI=1S/C15H21FN2O2.ClH/c1-15(2,10-3-5-11(16)6-4-10)9-18-14(20)13-7-12(19)8-17-13;/h3-6,12-13,17,19H,7-9H2,1-2H3,(H,18,20);1H. The maximum Gasteiger partial charge on any atom is 0.237 e. The van der Waals surface area contributed by atoms with Crippen molar-refractivity contribution < 1.29 is 14.3 Å². The van der Waals surface area contributed by atoms with Gasteiger partial charge in [0.2, 0.25) is 5.91 Å². The van der Waals surface area contributed by atoms with Gasteiger partial charge in [-0.25, -0.2) is 4.39 Å². The Morgan fingerprint density at radius 2 is 2.05 bits per heavy atom. The van der Waals surface area contributed by atoms with E-state index >= 15 is 0 Å². The molecule has 0 saturated carbocycles. The van der Waals surface area contributed by atoms with Crippen LogP contribution in [0.4, 0.5) is 4.39 Å². The predicted octanol–water partition coefficient (Wildman–Crippen LogP) is 1.36. The summed E-state index contributed by atoms with van der Waals surface area (Å²) in [4.78, 5) is 12.0. The topological polar surface area (TPSA) is 61.4 Å². The van der Waals surface area contributed by atoms with Gasteiger partial charge in [0.25, 0.3) is 0 Å². The van der Waals surface area contributed by atoms with E-state index in [1.54, 1.807) is 12.1 Å². The molecule has 0 aromatic heterocycles. The number of carbonyl (C=O) groups is 1. The molecule has 0 bridgehead atoms. The molecule has 1 aliphatic heterocycles. The highest BCUT2D eigenvalue weighted by Crippen LogP contribution is 2.22. The van der Waals surface area contributed by atoms with Crippen molar-refractivity contribution in [1.82, 2.24) is 10.6 Å². The van der Waals surface area contributed by atoms with Crippen LogP contribution < -0.4 is 10.6 Å². The van der Waals surface area contributed by atoms with Crippen molar-refractivity contribution in [1.29, 1.82) is 0 Å². The highest BCUT2D eigenvalue weighted by Gasteiger charge is 2.29. The van der Waals surface area contributed by atoms with Crippen molar-refractivity contribution in [2.75, 3.05) is 13.1 Å². The summed E-state index contributed by atoms with van der Waals surface area (Å²) in [6.45, 7) is 4.92. The number of carbonyl (C=O) groups excluding carboxylic acids is 1. The normalized spacial score (nSPS) is 21.7. The molecule has 3 N–H and O–H groups in total. The summed E-state index contributed by atoms with van der Waals surface area (Å²) in [5.74, 6) is -0.366. The molecule has 0 radical (unpaired) electrons. The van der Waals surface area contributed by atoms with Crippen LogP contribution in [0.1, 0.15) is 25.8 Å². The average molecular weight is 317 g/mol. The molecule has 1 aromatic carbocycles. The molecule has 1 amide bonds. The third kappa shape index (κ3) is 4.66. The first kappa shape index (κ1) is 17.9. The lowest BCUT2D eigenvalue weighted by Crippen LogP contribution is -2.45. The Kier molecular flexibility index (Phi) is 6.13. The maximum atomic E-state index is 12.9. The first-order valence-electron chi connectivity index (χ1n) is 6.84. The van der Waals surface area contributed by atoms with Crippen molar-refractivity contribution in [3.8, 4) is 0 Å². The minimum Gasteiger partial charge on any atom is -0.392 e. The fraction of sp³-hybridized carbons (Fsp3) is 0.533. The van der Waals surface area contributed by atoms with Crippen LogP contribution >= 0.6 is 12.4 Å². The highest BCUT2D eigenvalue weighted by atomic mass is 35.5. The lowest BCUT2D eigenvalue weighted by molar-refractivity contribution is -0.123. The van der Waals surface area contributed by atoms with E-state index < -0.39 is 6.10 Å². The molecular formula is C15H22ClFN2O2. The summed E-state index contributed by atoms with van der Waals surface area (Å²) >= 11 is 0. The molecule has 1 heterocycles. The van der Waals surface area contributed by atoms with Gasteiger partial charge >= 0.3 is 0 Å². The fourth-order valence-electron chi connectivity index (χ4n) is 2.35. The summed E-state index contributed by atoms with van der Waals surface area (Å²) in [6.07, 6.45) is -0.00105. The number of β-amino-alcohol motifs (C(OH)–C–C–N with tert-alkyl or cyclic N) is 1. The van der Waals surface area contributed by atoms with Crippen LogP contribution in [-0.2, 0) is 10.2 Å². The first-order chi connectivity index (χ1) is 9.38. The van der Waals surface area contributed by atoms with Crippen LogP contribution in [0, 0.1) is 5.82 Å². The van der Waals surface area contributed by atoms with Gasteiger partial charge < -0.3 is 15.7 Å². The van der Waals surface area contributed by atoms with Crippen LogP contribution in [0.15, 0.2) is 24.3 Å². The fourth-order valence-corrected chi connectivity index (χ4v) is 2.35. The predicted molar refractivity (Wildman–Crippen MR) is 82.1 cm³/mol. The number of amides is 1. The summed E-state index contributed by atoms with van der Waals surface area (Å²) in [6, 6.07) is 5.99. The van der Waals surface area contributed by atoms with Gasteiger partial charge in [-0.3, -0.25) is 4.79 Å². The second-order valence-electron chi connectivity index (χ2n) is 5.96. The van der Waals surface area contributed by atoms with E-state index in [9.17, 15) is 14.3 Å². The minimum atomic E-state index is -0.448. The SMILES string of the molecule is CC(C)(CNC(=O)C1CC(O)CN1)c1ccc(F)cc1.Cl. The van der Waals surface area contributed by atoms with Gasteiger partial charge in [0.1, 0.15) is 5.82 Å². The molecule has 1 saturated heterocycles. The summed E-state index contributed by atoms with van der Waals surface area (Å²) in [5, 5.41) is 15.3. The second kappa shape index (κ2) is 7.20. The zero-order chi connectivity index (χ0) is 14.8. The molecule has 21 heavy (non-hydrogen) atoms. The molecule has 6 heteroatoms. The van der Waals surface area contributed by atoms with Crippen LogP contribution in [0.25, 0.3) is 0 Å². The van der Waals surface area contributed by atoms with Crippen LogP contribution in [0.2, 0.25) is 0 Å². The Bertz CT molecular complexity index is 479. The Hall–Kier alpha value is -1.17. The zero-order valence-corrected chi connectivity index (χ0v) is 13.0. The number of hydrogen-bond acceptors (Lipinski definition) is 3. The van der Waals surface area contributed by atoms with Crippen molar-refractivity contribution in [3.05, 3.63) is 35.6 Å². The van der Waals surface area contributed by atoms with E-state index in [-0.39, 0.29) is 35.6 Å². The second-order valence-corrected chi connectivity index (χ2v) is 5.96. The average Bonchev–Trinajstić information content (AvgIpc) is 2.83. The lowest BCUT2D eigenvalue weighted by Gasteiger charge is -2.26. The number of halogens is 2. The molecule has 4 nitrogen and oxygen atoms in total. The number of benzene rings is 1. The summed E-state index contributed by atoms with van der Waals surface area (Å²) in [5.41, 5.74) is 0.694. The van der Waals surface area contributed by atoms with E-state index in [4.69, 9.17) is 0 Å². The quantitative estimate of drug-likeness (QED) is 0.786. The lowest BCUT2D eigenvalue weighted by atomic mass is 9.84. The molecule has 0 aliphatic carbocycles. The number of aliphatic hydroxyl groups excluding tert-OH is 1. The zero-order valence-electron chi connectivity index (χ0n) is 12.2. The van der Waals surface area contributed by atoms with E-state index in [0.717, 1.165) is 5.56 Å². The Morgan fingerprint density at radius 3 is 2.57 bits per heavy atom. The first-order valence-corrected chi connectivity index (χ1v) is 6.84. The van der Waals surface area contributed by atoms with E-state index in [2.05, 4.69) is 10.6 Å². The smallest absolute Gasteiger partial charge is 0.237 e. The number of rotatable bonds is 4. The monoisotopic (exact) mass is 316 g/mol. The third-order valence-corrected chi connectivity index (χ3v) is 3.75. The molecule has 1 fully saturated rings. The van der Waals surface area contributed by atoms with Crippen molar-refractivity contribution in [2.24, 2.45) is 0 Å². The molecule has 0 spiro atoms. The van der Waals surface area contributed by atoms with E-state index in [1.807, 2.05) is 13.8 Å². The van der Waals surface area contributed by atoms with Crippen molar-refractivity contribution in [3.63, 3.8) is 0 Å². The van der Waals surface area contributed by atoms with Gasteiger partial charge in [-0.1, -0.05) is 26.0 Å². The van der Waals surface area contributed by atoms with Crippen LogP contribution in [0.3, 0.4) is 0 Å². The number of nitrogens with one attached hydrogen (secondary N) is 2. The van der Waals surface area contributed by atoms with Gasteiger partial charge in [0.05, 0.1) is 12.1 Å². The molecule has 2 unspecified atom stereocenters. The summed E-state index contributed by atoms with van der Waals surface area (Å²) < 4.78 is 12.9. The van der Waals surface area contributed by atoms with E-state index in [0.29, 0.717) is 19.5 Å². The van der Waals surface area contributed by atoms with E-state index in [1.165, 1.54) is 12.1 Å². The molecular weight excluding hydrogens is 295 g/mol. The highest BCUT2D eigenvalue weighted by molar-refractivity contribution is 5.85. The molecule has 2 rings (SSSR count). The van der Waals surface area contributed by atoms with Crippen molar-refractivity contribution in [2.45, 2.75) is 37.8 Å². The number of aliphatic hydroxyl groups is 1. The van der Waals surface area contributed by atoms with Crippen LogP contribution in [0.5, 0.6) is 0 Å². The van der Waals surface area contributed by atoms with Gasteiger partial charge in [0.15, 0.2) is 0 Å². The maximum absolute atomic E-state index is 12.9. The van der Waals surface area contributed by atoms with Gasteiger partial charge in [0, 0.05) is 18.5 Å². The molecule has 1 aliphatic rings. The third-order valence-electron chi connectivity index (χ3n) is 3.75. The Labute approximate surface area is 130 Å². The van der Waals surface area contributed by atoms with Crippen molar-refractivity contribution >= 4 is 18.3 Å². The van der Waals surface area contributed by atoms with Gasteiger partial charge in [-0.05, 0) is 24.1 Å². The Balaban J connectivity index is 0.00000220. The molecule has 118 valence electrons. The molecule has 1 aromatic rings. The molecule has 2 atom stereocenters.